The number of carbonyl (C=O) groups is 1. The van der Waals surface area contributed by atoms with Gasteiger partial charge >= 0.3 is 5.97 Å². The number of phenolic OH excluding ortho intramolecular Hbond substituents is 2. The Hall–Kier alpha value is -4.25. The molecule has 0 amide bonds. The summed E-state index contributed by atoms with van der Waals surface area (Å²) in [5.74, 6) is 1.30. The van der Waals surface area contributed by atoms with Crippen LogP contribution in [0.25, 0.3) is 0 Å². The Labute approximate surface area is 216 Å². The van der Waals surface area contributed by atoms with Gasteiger partial charge in [0.25, 0.3) is 0 Å². The molecule has 37 heavy (non-hydrogen) atoms. The third kappa shape index (κ3) is 5.03. The summed E-state index contributed by atoms with van der Waals surface area (Å²) in [7, 11) is 0. The Morgan fingerprint density at radius 3 is 1.27 bits per heavy atom. The standard InChI is InChI=1S/C32H30O5/c1-3-36-31-25-12-6-13-26(31)17-22-9-5-11-24(30(22)35)19-28-15-7-14-27(32(28)37-20(2)33)18-23-10-4-8-21(16-25)29(23)34/h4-15,34-35H,3,16-19H2,1-2H3. The van der Waals surface area contributed by atoms with Crippen LogP contribution in [-0.2, 0) is 30.5 Å². The van der Waals surface area contributed by atoms with E-state index in [0.29, 0.717) is 38.0 Å². The molecule has 4 aromatic rings. The largest absolute Gasteiger partial charge is 0.507 e. The summed E-state index contributed by atoms with van der Waals surface area (Å²) in [4.78, 5) is 12.0. The number of fused-ring (bicyclic) bond motifs is 8. The number of benzene rings is 4. The number of ether oxygens (including phenoxy) is 2. The van der Waals surface area contributed by atoms with Crippen LogP contribution >= 0.6 is 0 Å². The van der Waals surface area contributed by atoms with E-state index in [1.54, 1.807) is 0 Å². The van der Waals surface area contributed by atoms with Crippen LogP contribution in [0.2, 0.25) is 0 Å². The van der Waals surface area contributed by atoms with E-state index in [2.05, 4.69) is 0 Å². The Bertz CT molecular complexity index is 1380. The van der Waals surface area contributed by atoms with Crippen LogP contribution in [0.1, 0.15) is 58.4 Å². The first-order chi connectivity index (χ1) is 17.9. The van der Waals surface area contributed by atoms with Crippen molar-refractivity contribution in [1.82, 2.24) is 0 Å². The van der Waals surface area contributed by atoms with Crippen molar-refractivity contribution < 1.29 is 24.5 Å². The van der Waals surface area contributed by atoms with Crippen molar-refractivity contribution in [2.24, 2.45) is 0 Å². The van der Waals surface area contributed by atoms with Gasteiger partial charge < -0.3 is 19.7 Å². The summed E-state index contributed by atoms with van der Waals surface area (Å²) in [6.45, 7) is 3.85. The van der Waals surface area contributed by atoms with E-state index in [1.807, 2.05) is 79.7 Å². The third-order valence-electron chi connectivity index (χ3n) is 6.82. The normalized spacial score (nSPS) is 12.6. The van der Waals surface area contributed by atoms with Crippen molar-refractivity contribution in [2.75, 3.05) is 6.61 Å². The molecule has 0 aliphatic heterocycles. The fourth-order valence-electron chi connectivity index (χ4n) is 5.12. The predicted molar refractivity (Wildman–Crippen MR) is 143 cm³/mol. The molecule has 0 fully saturated rings. The van der Waals surface area contributed by atoms with Crippen molar-refractivity contribution in [3.8, 4) is 23.0 Å². The molecule has 0 unspecified atom stereocenters. The molecule has 8 bridgehead atoms. The van der Waals surface area contributed by atoms with Crippen molar-refractivity contribution in [3.63, 3.8) is 0 Å². The van der Waals surface area contributed by atoms with E-state index in [4.69, 9.17) is 9.47 Å². The molecule has 5 rings (SSSR count). The Kier molecular flexibility index (Phi) is 6.87. The van der Waals surface area contributed by atoms with Gasteiger partial charge in [0, 0.05) is 32.6 Å². The number of hydrogen-bond acceptors (Lipinski definition) is 5. The smallest absolute Gasteiger partial charge is 0.308 e. The first-order valence-electron chi connectivity index (χ1n) is 12.6. The van der Waals surface area contributed by atoms with Crippen LogP contribution in [0.3, 0.4) is 0 Å². The number of hydrogen-bond donors (Lipinski definition) is 2. The topological polar surface area (TPSA) is 76.0 Å². The minimum absolute atomic E-state index is 0.226. The summed E-state index contributed by atoms with van der Waals surface area (Å²) in [5, 5.41) is 22.5. The predicted octanol–water partition coefficient (Wildman–Crippen LogP) is 6.10. The Morgan fingerprint density at radius 1 is 0.622 bits per heavy atom. The van der Waals surface area contributed by atoms with Crippen molar-refractivity contribution in [1.29, 1.82) is 0 Å². The van der Waals surface area contributed by atoms with Crippen LogP contribution in [0.15, 0.2) is 72.8 Å². The Balaban J connectivity index is 1.73. The SMILES string of the molecule is CCOc1c2cccc1Cc1cccc(c1O)Cc1cccc(c1OC(C)=O)Cc1cccc(c1O)C2. The number of rotatable bonds is 3. The minimum Gasteiger partial charge on any atom is -0.507 e. The minimum atomic E-state index is -0.416. The molecule has 0 aromatic heterocycles. The number of aromatic hydroxyl groups is 2. The maximum atomic E-state index is 12.0. The van der Waals surface area contributed by atoms with Gasteiger partial charge in [-0.15, -0.1) is 0 Å². The molecule has 0 radical (unpaired) electrons. The van der Waals surface area contributed by atoms with E-state index in [0.717, 1.165) is 50.3 Å². The molecule has 5 heteroatoms. The van der Waals surface area contributed by atoms with Crippen molar-refractivity contribution in [2.45, 2.75) is 39.5 Å². The van der Waals surface area contributed by atoms with Crippen LogP contribution in [0.4, 0.5) is 0 Å². The molecular formula is C32H30O5. The molecule has 2 N–H and O–H groups in total. The lowest BCUT2D eigenvalue weighted by Crippen LogP contribution is -2.08. The van der Waals surface area contributed by atoms with Crippen molar-refractivity contribution >= 4 is 5.97 Å². The van der Waals surface area contributed by atoms with Gasteiger partial charge in [-0.3, -0.25) is 4.79 Å². The second kappa shape index (κ2) is 10.4. The quantitative estimate of drug-likeness (QED) is 0.234. The molecule has 4 aromatic carbocycles. The fourth-order valence-corrected chi connectivity index (χ4v) is 5.12. The fraction of sp³-hybridized carbons (Fsp3) is 0.219. The molecule has 0 atom stereocenters. The number of carbonyl (C=O) groups excluding carboxylic acids is 1. The summed E-state index contributed by atoms with van der Waals surface area (Å²) in [6.07, 6.45) is 1.76. The van der Waals surface area contributed by atoms with Gasteiger partial charge in [-0.25, -0.2) is 0 Å². The van der Waals surface area contributed by atoms with Crippen molar-refractivity contribution in [3.05, 3.63) is 117 Å². The van der Waals surface area contributed by atoms with Crippen LogP contribution in [0, 0.1) is 0 Å². The number of phenols is 2. The lowest BCUT2D eigenvalue weighted by molar-refractivity contribution is -0.132. The van der Waals surface area contributed by atoms with Gasteiger partial charge in [0.2, 0.25) is 0 Å². The summed E-state index contributed by atoms with van der Waals surface area (Å²) in [6, 6.07) is 23.3. The molecule has 188 valence electrons. The monoisotopic (exact) mass is 494 g/mol. The van der Waals surface area contributed by atoms with Gasteiger partial charge in [0.05, 0.1) is 6.61 Å². The number of para-hydroxylation sites is 4. The maximum Gasteiger partial charge on any atom is 0.308 e. The van der Waals surface area contributed by atoms with Crippen LogP contribution in [0.5, 0.6) is 23.0 Å². The lowest BCUT2D eigenvalue weighted by atomic mass is 9.91. The van der Waals surface area contributed by atoms with E-state index < -0.39 is 5.97 Å². The highest BCUT2D eigenvalue weighted by Gasteiger charge is 2.20. The molecule has 0 saturated carbocycles. The highest BCUT2D eigenvalue weighted by atomic mass is 16.5. The summed E-state index contributed by atoms with van der Waals surface area (Å²) in [5.41, 5.74) is 6.59. The molecule has 0 spiro atoms. The van der Waals surface area contributed by atoms with E-state index in [9.17, 15) is 15.0 Å². The van der Waals surface area contributed by atoms with Gasteiger partial charge in [0.15, 0.2) is 0 Å². The van der Waals surface area contributed by atoms with Gasteiger partial charge in [-0.1, -0.05) is 72.8 Å². The lowest BCUT2D eigenvalue weighted by Gasteiger charge is -2.19. The van der Waals surface area contributed by atoms with E-state index >= 15 is 0 Å². The summed E-state index contributed by atoms with van der Waals surface area (Å²) >= 11 is 0. The zero-order valence-corrected chi connectivity index (χ0v) is 21.1. The molecule has 1 aliphatic carbocycles. The summed E-state index contributed by atoms with van der Waals surface area (Å²) < 4.78 is 11.8. The molecule has 0 heterocycles. The van der Waals surface area contributed by atoms with Gasteiger partial charge in [-0.05, 0) is 51.4 Å². The van der Waals surface area contributed by atoms with E-state index in [-0.39, 0.29) is 11.5 Å². The van der Waals surface area contributed by atoms with Crippen LogP contribution < -0.4 is 9.47 Å². The molecular weight excluding hydrogens is 464 g/mol. The maximum absolute atomic E-state index is 12.0. The van der Waals surface area contributed by atoms with E-state index in [1.165, 1.54) is 6.92 Å². The Morgan fingerprint density at radius 2 is 0.946 bits per heavy atom. The average molecular weight is 495 g/mol. The average Bonchev–Trinajstić information content (AvgIpc) is 2.87. The highest BCUT2D eigenvalue weighted by Crippen LogP contribution is 2.37. The van der Waals surface area contributed by atoms with Gasteiger partial charge in [-0.2, -0.15) is 0 Å². The van der Waals surface area contributed by atoms with Gasteiger partial charge in [0.1, 0.15) is 23.0 Å². The zero-order valence-electron chi connectivity index (χ0n) is 21.1. The third-order valence-corrected chi connectivity index (χ3v) is 6.82. The number of esters is 1. The molecule has 5 nitrogen and oxygen atoms in total. The first kappa shape index (κ1) is 24.4. The molecule has 1 aliphatic rings. The first-order valence-corrected chi connectivity index (χ1v) is 12.6. The second-order valence-electron chi connectivity index (χ2n) is 9.39. The highest BCUT2D eigenvalue weighted by molar-refractivity contribution is 5.71. The zero-order chi connectivity index (χ0) is 25.9. The molecule has 0 saturated heterocycles. The second-order valence-corrected chi connectivity index (χ2v) is 9.39. The van der Waals surface area contributed by atoms with Crippen LogP contribution in [-0.4, -0.2) is 22.8 Å².